The summed E-state index contributed by atoms with van der Waals surface area (Å²) in [6, 6.07) is 27.8. The fraction of sp³-hybridized carbons (Fsp3) is 0.138. The zero-order valence-corrected chi connectivity index (χ0v) is 21.9. The lowest BCUT2D eigenvalue weighted by molar-refractivity contribution is -0.122. The minimum atomic E-state index is -0.116. The highest BCUT2D eigenvalue weighted by atomic mass is 32.2. The van der Waals surface area contributed by atoms with Crippen molar-refractivity contribution in [1.82, 2.24) is 14.7 Å². The lowest BCUT2D eigenvalue weighted by atomic mass is 10.1. The predicted octanol–water partition coefficient (Wildman–Crippen LogP) is 5.97. The molecule has 3 aromatic carbocycles. The zero-order chi connectivity index (χ0) is 25.6. The first kappa shape index (κ1) is 25.0. The zero-order valence-electron chi connectivity index (χ0n) is 20.2. The number of para-hydroxylation sites is 1. The van der Waals surface area contributed by atoms with Crippen molar-refractivity contribution in [2.75, 3.05) is 20.3 Å². The van der Waals surface area contributed by atoms with Gasteiger partial charge < -0.3 is 9.47 Å². The summed E-state index contributed by atoms with van der Waals surface area (Å²) in [6.45, 7) is 1.35. The fourth-order valence-electron chi connectivity index (χ4n) is 3.90. The van der Waals surface area contributed by atoms with E-state index in [0.717, 1.165) is 33.8 Å². The number of methoxy groups -OCH3 is 1. The van der Waals surface area contributed by atoms with Crippen molar-refractivity contribution in [3.63, 3.8) is 0 Å². The highest BCUT2D eigenvalue weighted by Crippen LogP contribution is 2.35. The van der Waals surface area contributed by atoms with Gasteiger partial charge in [-0.3, -0.25) is 9.69 Å². The number of carbonyl (C=O) groups is 1. The third kappa shape index (κ3) is 5.83. The van der Waals surface area contributed by atoms with Crippen LogP contribution in [-0.4, -0.2) is 45.2 Å². The van der Waals surface area contributed by atoms with E-state index in [2.05, 4.69) is 0 Å². The topological polar surface area (TPSA) is 56.6 Å². The van der Waals surface area contributed by atoms with Gasteiger partial charge in [0.15, 0.2) is 0 Å². The second-order valence-electron chi connectivity index (χ2n) is 8.34. The third-order valence-electron chi connectivity index (χ3n) is 5.82. The number of carbonyl (C=O) groups excluding carboxylic acids is 1. The molecule has 1 aromatic heterocycles. The molecule has 0 spiro atoms. The smallest absolute Gasteiger partial charge is 0.266 e. The predicted molar refractivity (Wildman–Crippen MR) is 152 cm³/mol. The van der Waals surface area contributed by atoms with Crippen LogP contribution in [0.1, 0.15) is 11.1 Å². The Balaban J connectivity index is 1.44. The molecule has 6 nitrogen and oxygen atoms in total. The minimum absolute atomic E-state index is 0.116. The molecule has 1 saturated heterocycles. The number of thioether (sulfide) groups is 1. The van der Waals surface area contributed by atoms with Crippen LogP contribution in [0.2, 0.25) is 0 Å². The molecule has 0 unspecified atom stereocenters. The molecule has 186 valence electrons. The monoisotopic (exact) mass is 527 g/mol. The van der Waals surface area contributed by atoms with E-state index in [-0.39, 0.29) is 5.91 Å². The first-order valence-corrected chi connectivity index (χ1v) is 13.0. The Morgan fingerprint density at radius 3 is 2.38 bits per heavy atom. The Labute approximate surface area is 225 Å². The molecule has 0 bridgehead atoms. The Kier molecular flexibility index (Phi) is 7.79. The van der Waals surface area contributed by atoms with Crippen LogP contribution in [0.5, 0.6) is 5.75 Å². The van der Waals surface area contributed by atoms with Gasteiger partial charge in [0.05, 0.1) is 29.4 Å². The minimum Gasteiger partial charge on any atom is -0.489 e. The molecule has 0 aliphatic carbocycles. The molecule has 0 atom stereocenters. The van der Waals surface area contributed by atoms with Crippen molar-refractivity contribution in [3.05, 3.63) is 107 Å². The Bertz CT molecular complexity index is 1420. The average Bonchev–Trinajstić information content (AvgIpc) is 3.48. The van der Waals surface area contributed by atoms with Gasteiger partial charge in [-0.25, -0.2) is 4.68 Å². The normalized spacial score (nSPS) is 14.5. The molecule has 4 aromatic rings. The lowest BCUT2D eigenvalue weighted by Gasteiger charge is -2.12. The van der Waals surface area contributed by atoms with Gasteiger partial charge in [-0.1, -0.05) is 72.5 Å². The fourth-order valence-corrected chi connectivity index (χ4v) is 5.20. The quantitative estimate of drug-likeness (QED) is 0.198. The summed E-state index contributed by atoms with van der Waals surface area (Å²) in [5, 5.41) is 4.87. The number of hydrogen-bond acceptors (Lipinski definition) is 6. The summed E-state index contributed by atoms with van der Waals surface area (Å²) in [7, 11) is 1.61. The molecular weight excluding hydrogens is 502 g/mol. The Morgan fingerprint density at radius 1 is 0.973 bits per heavy atom. The maximum atomic E-state index is 13.0. The van der Waals surface area contributed by atoms with Crippen LogP contribution >= 0.6 is 24.0 Å². The molecule has 0 saturated carbocycles. The molecule has 0 radical (unpaired) electrons. The van der Waals surface area contributed by atoms with Crippen LogP contribution in [0.4, 0.5) is 0 Å². The number of aromatic nitrogens is 2. The number of amides is 1. The summed E-state index contributed by atoms with van der Waals surface area (Å²) in [5.74, 6) is 0.658. The second-order valence-corrected chi connectivity index (χ2v) is 10.0. The number of thiocarbonyl (C=S) groups is 1. The Hall–Kier alpha value is -3.72. The highest BCUT2D eigenvalue weighted by molar-refractivity contribution is 8.26. The molecule has 1 fully saturated rings. The van der Waals surface area contributed by atoms with Crippen LogP contribution in [-0.2, 0) is 16.1 Å². The first-order chi connectivity index (χ1) is 18.1. The Morgan fingerprint density at radius 2 is 1.68 bits per heavy atom. The molecule has 37 heavy (non-hydrogen) atoms. The number of benzene rings is 3. The standard InChI is InChI=1S/C29H25N3O3S2/c1-34-17-16-31-28(33)26(37-29(31)36)18-23-19-32(24-10-6-3-7-11-24)30-27(23)22-12-14-25(15-13-22)35-20-21-8-4-2-5-9-21/h2-15,18-19H,16-17,20H2,1H3. The van der Waals surface area contributed by atoms with Gasteiger partial charge in [0, 0.05) is 24.4 Å². The van der Waals surface area contributed by atoms with Gasteiger partial charge in [0.25, 0.3) is 5.91 Å². The number of ether oxygens (including phenoxy) is 2. The van der Waals surface area contributed by atoms with Gasteiger partial charge in [0.2, 0.25) is 0 Å². The van der Waals surface area contributed by atoms with E-state index in [1.807, 2.05) is 102 Å². The van der Waals surface area contributed by atoms with Crippen LogP contribution in [0, 0.1) is 0 Å². The van der Waals surface area contributed by atoms with Crippen molar-refractivity contribution in [3.8, 4) is 22.7 Å². The van der Waals surface area contributed by atoms with Gasteiger partial charge in [0.1, 0.15) is 16.7 Å². The van der Waals surface area contributed by atoms with E-state index in [0.29, 0.717) is 29.0 Å². The number of hydrogen-bond donors (Lipinski definition) is 0. The van der Waals surface area contributed by atoms with Gasteiger partial charge in [-0.2, -0.15) is 5.10 Å². The second kappa shape index (κ2) is 11.6. The maximum absolute atomic E-state index is 13.0. The molecule has 5 rings (SSSR count). The SMILES string of the molecule is COCCN1C(=O)C(=Cc2cn(-c3ccccc3)nc2-c2ccc(OCc3ccccc3)cc2)SC1=S. The van der Waals surface area contributed by atoms with Crippen molar-refractivity contribution in [2.45, 2.75) is 6.61 Å². The molecule has 2 heterocycles. The molecule has 1 aliphatic heterocycles. The summed E-state index contributed by atoms with van der Waals surface area (Å²) in [6.07, 6.45) is 3.81. The van der Waals surface area contributed by atoms with E-state index in [9.17, 15) is 4.79 Å². The van der Waals surface area contributed by atoms with E-state index >= 15 is 0 Å². The van der Waals surface area contributed by atoms with Crippen LogP contribution in [0.3, 0.4) is 0 Å². The first-order valence-electron chi connectivity index (χ1n) is 11.8. The summed E-state index contributed by atoms with van der Waals surface area (Å²) < 4.78 is 13.4. The van der Waals surface area contributed by atoms with E-state index in [1.165, 1.54) is 11.8 Å². The van der Waals surface area contributed by atoms with Crippen molar-refractivity contribution in [1.29, 1.82) is 0 Å². The summed E-state index contributed by atoms with van der Waals surface area (Å²) >= 11 is 6.74. The lowest BCUT2D eigenvalue weighted by Crippen LogP contribution is -2.31. The largest absolute Gasteiger partial charge is 0.489 e. The summed E-state index contributed by atoms with van der Waals surface area (Å²) in [5.41, 5.74) is 4.55. The van der Waals surface area contributed by atoms with Crippen molar-refractivity contribution in [2.24, 2.45) is 0 Å². The molecule has 1 amide bonds. The number of rotatable bonds is 9. The van der Waals surface area contributed by atoms with Crippen LogP contribution < -0.4 is 4.74 Å². The van der Waals surface area contributed by atoms with Crippen molar-refractivity contribution < 1.29 is 14.3 Å². The molecule has 8 heteroatoms. The highest BCUT2D eigenvalue weighted by Gasteiger charge is 2.32. The van der Waals surface area contributed by atoms with Crippen molar-refractivity contribution >= 4 is 40.3 Å². The van der Waals surface area contributed by atoms with Gasteiger partial charge >= 0.3 is 0 Å². The van der Waals surface area contributed by atoms with E-state index in [4.69, 9.17) is 26.8 Å². The number of nitrogens with zero attached hydrogens (tertiary/aromatic N) is 3. The average molecular weight is 528 g/mol. The van der Waals surface area contributed by atoms with Crippen LogP contribution in [0.25, 0.3) is 23.0 Å². The third-order valence-corrected chi connectivity index (χ3v) is 7.20. The van der Waals surface area contributed by atoms with Gasteiger partial charge in [-0.15, -0.1) is 0 Å². The van der Waals surface area contributed by atoms with Crippen LogP contribution in [0.15, 0.2) is 96.0 Å². The molecule has 1 aliphatic rings. The maximum Gasteiger partial charge on any atom is 0.266 e. The van der Waals surface area contributed by atoms with E-state index < -0.39 is 0 Å². The molecular formula is C29H25N3O3S2. The summed E-state index contributed by atoms with van der Waals surface area (Å²) in [4.78, 5) is 15.2. The van der Waals surface area contributed by atoms with E-state index in [1.54, 1.807) is 12.0 Å². The molecule has 0 N–H and O–H groups in total. The van der Waals surface area contributed by atoms with Gasteiger partial charge in [-0.05, 0) is 48.0 Å².